The van der Waals surface area contributed by atoms with Gasteiger partial charge in [-0.1, -0.05) is 48.5 Å². The average Bonchev–Trinajstić information content (AvgIpc) is 3.49. The molecule has 162 valence electrons. The Hall–Kier alpha value is -3.38. The molecule has 1 amide bonds. The van der Waals surface area contributed by atoms with Crippen molar-refractivity contribution >= 4 is 28.1 Å². The second-order valence-corrected chi connectivity index (χ2v) is 8.93. The molecule has 1 aliphatic heterocycles. The summed E-state index contributed by atoms with van der Waals surface area (Å²) in [5, 5.41) is 6.22. The third-order valence-corrected chi connectivity index (χ3v) is 6.72. The van der Waals surface area contributed by atoms with Crippen LogP contribution in [0.25, 0.3) is 11.1 Å². The van der Waals surface area contributed by atoms with Crippen molar-refractivity contribution in [2.45, 2.75) is 25.8 Å². The molecular formula is C26H26N4OS. The van der Waals surface area contributed by atoms with Gasteiger partial charge in [0.15, 0.2) is 5.13 Å². The lowest BCUT2D eigenvalue weighted by molar-refractivity contribution is 0.101. The average molecular weight is 443 g/mol. The summed E-state index contributed by atoms with van der Waals surface area (Å²) >= 11 is 1.70. The van der Waals surface area contributed by atoms with Gasteiger partial charge in [-0.2, -0.15) is 0 Å². The van der Waals surface area contributed by atoms with Gasteiger partial charge < -0.3 is 14.8 Å². The fourth-order valence-corrected chi connectivity index (χ4v) is 4.98. The first-order valence-corrected chi connectivity index (χ1v) is 12.0. The molecule has 1 aliphatic rings. The maximum Gasteiger partial charge on any atom is 0.272 e. The summed E-state index contributed by atoms with van der Waals surface area (Å²) in [6.45, 7) is 2.73. The third-order valence-electron chi connectivity index (χ3n) is 5.77. The molecule has 32 heavy (non-hydrogen) atoms. The largest absolute Gasteiger partial charge is 0.348 e. The maximum atomic E-state index is 13.2. The van der Waals surface area contributed by atoms with Crippen LogP contribution in [-0.2, 0) is 6.54 Å². The van der Waals surface area contributed by atoms with Crippen molar-refractivity contribution in [2.24, 2.45) is 0 Å². The fraction of sp³-hybridized carbons (Fsp3) is 0.231. The Morgan fingerprint density at radius 2 is 1.66 bits per heavy atom. The van der Waals surface area contributed by atoms with Gasteiger partial charge in [0.05, 0.1) is 12.2 Å². The van der Waals surface area contributed by atoms with E-state index in [1.165, 1.54) is 19.3 Å². The predicted molar refractivity (Wildman–Crippen MR) is 132 cm³/mol. The summed E-state index contributed by atoms with van der Waals surface area (Å²) < 4.78 is 2.01. The highest BCUT2D eigenvalue weighted by atomic mass is 32.1. The molecule has 0 spiro atoms. The molecule has 0 saturated carbocycles. The van der Waals surface area contributed by atoms with E-state index < -0.39 is 0 Å². The van der Waals surface area contributed by atoms with E-state index in [0.29, 0.717) is 12.2 Å². The summed E-state index contributed by atoms with van der Waals surface area (Å²) in [6, 6.07) is 21.7. The number of nitrogens with zero attached hydrogens (tertiary/aromatic N) is 3. The highest BCUT2D eigenvalue weighted by Gasteiger charge is 2.18. The predicted octanol–water partition coefficient (Wildman–Crippen LogP) is 5.90. The highest BCUT2D eigenvalue weighted by Crippen LogP contribution is 2.27. The molecule has 0 radical (unpaired) electrons. The number of anilines is 2. The number of nitrogens with one attached hydrogen (secondary N) is 1. The Labute approximate surface area is 192 Å². The number of carbonyl (C=O) groups excluding carboxylic acids is 1. The van der Waals surface area contributed by atoms with Crippen LogP contribution in [0.1, 0.15) is 35.4 Å². The zero-order valence-electron chi connectivity index (χ0n) is 17.9. The van der Waals surface area contributed by atoms with Crippen LogP contribution in [0.5, 0.6) is 0 Å². The molecule has 1 fully saturated rings. The van der Waals surface area contributed by atoms with E-state index in [1.54, 1.807) is 11.3 Å². The van der Waals surface area contributed by atoms with Gasteiger partial charge in [-0.15, -0.1) is 11.3 Å². The number of aromatic nitrogens is 2. The fourth-order valence-electron chi connectivity index (χ4n) is 4.11. The van der Waals surface area contributed by atoms with Crippen molar-refractivity contribution in [3.63, 3.8) is 0 Å². The third kappa shape index (κ3) is 4.60. The lowest BCUT2D eigenvalue weighted by atomic mass is 10.1. The monoisotopic (exact) mass is 442 g/mol. The number of hydrogen-bond donors (Lipinski definition) is 1. The number of piperidine rings is 1. The minimum atomic E-state index is -0.120. The zero-order chi connectivity index (χ0) is 21.8. The highest BCUT2D eigenvalue weighted by molar-refractivity contribution is 7.13. The minimum Gasteiger partial charge on any atom is -0.348 e. The van der Waals surface area contributed by atoms with Gasteiger partial charge in [-0.25, -0.2) is 4.98 Å². The molecular weight excluding hydrogens is 416 g/mol. The number of para-hydroxylation sites is 1. The van der Waals surface area contributed by atoms with Gasteiger partial charge in [0.2, 0.25) is 0 Å². The first-order chi connectivity index (χ1) is 15.8. The summed E-state index contributed by atoms with van der Waals surface area (Å²) in [5.41, 5.74) is 4.51. The number of carbonyl (C=O) groups is 1. The molecule has 1 saturated heterocycles. The molecule has 6 heteroatoms. The molecule has 4 aromatic rings. The van der Waals surface area contributed by atoms with Gasteiger partial charge in [-0.3, -0.25) is 4.79 Å². The van der Waals surface area contributed by atoms with Crippen molar-refractivity contribution in [1.29, 1.82) is 0 Å². The van der Waals surface area contributed by atoms with E-state index in [9.17, 15) is 4.79 Å². The van der Waals surface area contributed by atoms with Crippen molar-refractivity contribution in [3.8, 4) is 11.1 Å². The minimum absolute atomic E-state index is 0.120. The molecule has 0 atom stereocenters. The maximum absolute atomic E-state index is 13.2. The smallest absolute Gasteiger partial charge is 0.272 e. The van der Waals surface area contributed by atoms with Crippen LogP contribution < -0.4 is 10.2 Å². The van der Waals surface area contributed by atoms with Gasteiger partial charge >= 0.3 is 0 Å². The molecule has 2 aromatic heterocycles. The number of hydrogen-bond acceptors (Lipinski definition) is 4. The van der Waals surface area contributed by atoms with Crippen molar-refractivity contribution < 1.29 is 4.79 Å². The Bertz CT molecular complexity index is 1180. The van der Waals surface area contributed by atoms with E-state index >= 15 is 0 Å². The van der Waals surface area contributed by atoms with Crippen LogP contribution in [0.4, 0.5) is 10.8 Å². The van der Waals surface area contributed by atoms with E-state index in [0.717, 1.165) is 40.7 Å². The van der Waals surface area contributed by atoms with Crippen LogP contribution in [-0.4, -0.2) is 28.5 Å². The Balaban J connectivity index is 1.43. The standard InChI is InChI=1S/C26H26N4OS/c31-25(27-22-12-6-2-7-13-22)24-16-21(20-10-4-1-5-11-20)17-30(24)18-23-19-32-26(28-23)29-14-8-3-9-15-29/h1-2,4-7,10-13,16-17,19H,3,8-9,14-15,18H2,(H,27,31). The second kappa shape index (κ2) is 9.40. The van der Waals surface area contributed by atoms with Crippen LogP contribution in [0.3, 0.4) is 0 Å². The molecule has 3 heterocycles. The number of rotatable bonds is 6. The quantitative estimate of drug-likeness (QED) is 0.404. The van der Waals surface area contributed by atoms with Crippen molar-refractivity contribution in [2.75, 3.05) is 23.3 Å². The second-order valence-electron chi connectivity index (χ2n) is 8.10. The van der Waals surface area contributed by atoms with Gasteiger partial charge in [0.25, 0.3) is 5.91 Å². The van der Waals surface area contributed by atoms with Crippen molar-refractivity contribution in [1.82, 2.24) is 9.55 Å². The number of thiazole rings is 1. The molecule has 1 N–H and O–H groups in total. The molecule has 0 unspecified atom stereocenters. The molecule has 0 bridgehead atoms. The SMILES string of the molecule is O=C(Nc1ccccc1)c1cc(-c2ccccc2)cn1Cc1csc(N2CCCCC2)n1. The number of benzene rings is 2. The van der Waals surface area contributed by atoms with Crippen LogP contribution in [0.2, 0.25) is 0 Å². The van der Waals surface area contributed by atoms with Crippen LogP contribution in [0.15, 0.2) is 78.3 Å². The molecule has 2 aromatic carbocycles. The summed E-state index contributed by atoms with van der Waals surface area (Å²) in [5.74, 6) is -0.120. The van der Waals surface area contributed by atoms with Gasteiger partial charge in [0.1, 0.15) is 5.69 Å². The first-order valence-electron chi connectivity index (χ1n) is 11.1. The first kappa shape index (κ1) is 20.5. The zero-order valence-corrected chi connectivity index (χ0v) is 18.7. The normalized spacial score (nSPS) is 13.8. The summed E-state index contributed by atoms with van der Waals surface area (Å²) in [6.07, 6.45) is 5.82. The van der Waals surface area contributed by atoms with E-state index in [1.807, 2.05) is 59.2 Å². The van der Waals surface area contributed by atoms with E-state index in [-0.39, 0.29) is 5.91 Å². The lowest BCUT2D eigenvalue weighted by Gasteiger charge is -2.25. The Morgan fingerprint density at radius 3 is 2.41 bits per heavy atom. The van der Waals surface area contributed by atoms with E-state index in [2.05, 4.69) is 33.9 Å². The number of amides is 1. The Morgan fingerprint density at radius 1 is 0.938 bits per heavy atom. The van der Waals surface area contributed by atoms with Crippen molar-refractivity contribution in [3.05, 3.63) is 89.7 Å². The molecule has 0 aliphatic carbocycles. The Kier molecular flexibility index (Phi) is 6.03. The van der Waals surface area contributed by atoms with Crippen LogP contribution in [0, 0.1) is 0 Å². The van der Waals surface area contributed by atoms with Crippen LogP contribution >= 0.6 is 11.3 Å². The molecule has 5 rings (SSSR count). The molecule has 5 nitrogen and oxygen atoms in total. The summed E-state index contributed by atoms with van der Waals surface area (Å²) in [7, 11) is 0. The van der Waals surface area contributed by atoms with E-state index in [4.69, 9.17) is 4.98 Å². The summed E-state index contributed by atoms with van der Waals surface area (Å²) in [4.78, 5) is 20.4. The van der Waals surface area contributed by atoms with Gasteiger partial charge in [-0.05, 0) is 43.0 Å². The van der Waals surface area contributed by atoms with Gasteiger partial charge in [0, 0.05) is 35.9 Å². The lowest BCUT2D eigenvalue weighted by Crippen LogP contribution is -2.29. The topological polar surface area (TPSA) is 50.2 Å².